The summed E-state index contributed by atoms with van der Waals surface area (Å²) in [6, 6.07) is 11.9. The van der Waals surface area contributed by atoms with Crippen LogP contribution in [0.2, 0.25) is 0 Å². The number of nitrogens with one attached hydrogen (secondary N) is 1. The van der Waals surface area contributed by atoms with Crippen LogP contribution in [0.15, 0.2) is 71.7 Å². The predicted octanol–water partition coefficient (Wildman–Crippen LogP) is 4.05. The number of hydrogen-bond acceptors (Lipinski definition) is 5. The maximum absolute atomic E-state index is 13.5. The molecule has 1 aromatic carbocycles. The summed E-state index contributed by atoms with van der Waals surface area (Å²) >= 11 is 3.59. The van der Waals surface area contributed by atoms with Crippen molar-refractivity contribution >= 4 is 27.7 Å². The van der Waals surface area contributed by atoms with Gasteiger partial charge in [-0.15, -0.1) is 0 Å². The van der Waals surface area contributed by atoms with E-state index >= 15 is 0 Å². The fraction of sp³-hybridized carbons (Fsp3) is 0.167. The molecule has 1 unspecified atom stereocenters. The Morgan fingerprint density at radius 2 is 2.09 bits per heavy atom. The van der Waals surface area contributed by atoms with Gasteiger partial charge in [-0.3, -0.25) is 14.5 Å². The molecule has 0 aliphatic carbocycles. The van der Waals surface area contributed by atoms with Crippen LogP contribution in [0.3, 0.4) is 0 Å². The molecule has 3 N–H and O–H groups in total. The highest BCUT2D eigenvalue weighted by Gasteiger charge is 2.26. The molecule has 0 radical (unpaired) electrons. The standard InChI is InChI=1S/C24H22BrFN6O/c1-32-14-17(13-30-32)22-20(25)11-19(21(23(27)33)16-5-3-8-28-12-16)24(31-22)29-9-7-15-4-2-6-18(26)10-15/h2-6,8,10-14,21H,7,9H2,1H3,(H2,27,33)(H,29,31). The minimum Gasteiger partial charge on any atom is -0.369 e. The molecule has 1 atom stereocenters. The number of carbonyl (C=O) groups is 1. The molecule has 0 aliphatic rings. The second kappa shape index (κ2) is 9.91. The largest absolute Gasteiger partial charge is 0.369 e. The normalized spacial score (nSPS) is 11.8. The van der Waals surface area contributed by atoms with Crippen LogP contribution < -0.4 is 11.1 Å². The fourth-order valence-corrected chi connectivity index (χ4v) is 4.24. The zero-order chi connectivity index (χ0) is 23.4. The minimum absolute atomic E-state index is 0.279. The molecule has 0 saturated heterocycles. The highest BCUT2D eigenvalue weighted by molar-refractivity contribution is 9.10. The molecular formula is C24H22BrFN6O. The van der Waals surface area contributed by atoms with Crippen molar-refractivity contribution in [2.45, 2.75) is 12.3 Å². The third-order valence-electron chi connectivity index (χ3n) is 5.19. The van der Waals surface area contributed by atoms with Crippen molar-refractivity contribution in [1.82, 2.24) is 19.7 Å². The number of rotatable bonds is 8. The van der Waals surface area contributed by atoms with Crippen molar-refractivity contribution in [2.24, 2.45) is 12.8 Å². The SMILES string of the molecule is Cn1cc(-c2nc(NCCc3cccc(F)c3)c(C(C(N)=O)c3cccnc3)cc2Br)cn1. The van der Waals surface area contributed by atoms with E-state index in [-0.39, 0.29) is 5.82 Å². The number of nitrogens with two attached hydrogens (primary N) is 1. The molecule has 4 rings (SSSR count). The van der Waals surface area contributed by atoms with E-state index in [1.165, 1.54) is 12.1 Å². The van der Waals surface area contributed by atoms with Crippen LogP contribution in [-0.2, 0) is 18.3 Å². The van der Waals surface area contributed by atoms with Gasteiger partial charge >= 0.3 is 0 Å². The van der Waals surface area contributed by atoms with E-state index in [9.17, 15) is 9.18 Å². The summed E-state index contributed by atoms with van der Waals surface area (Å²) in [6.07, 6.45) is 7.41. The van der Waals surface area contributed by atoms with E-state index in [1.54, 1.807) is 35.4 Å². The van der Waals surface area contributed by atoms with Gasteiger partial charge in [-0.25, -0.2) is 9.37 Å². The Bertz CT molecular complexity index is 1280. The van der Waals surface area contributed by atoms with E-state index in [0.29, 0.717) is 40.1 Å². The lowest BCUT2D eigenvalue weighted by molar-refractivity contribution is -0.118. The maximum atomic E-state index is 13.5. The zero-order valence-corrected chi connectivity index (χ0v) is 19.5. The molecule has 0 fully saturated rings. The summed E-state index contributed by atoms with van der Waals surface area (Å²) in [7, 11) is 1.83. The highest BCUT2D eigenvalue weighted by atomic mass is 79.9. The van der Waals surface area contributed by atoms with Crippen molar-refractivity contribution in [2.75, 3.05) is 11.9 Å². The minimum atomic E-state index is -0.748. The molecule has 9 heteroatoms. The molecular weight excluding hydrogens is 487 g/mol. The lowest BCUT2D eigenvalue weighted by atomic mass is 9.91. The van der Waals surface area contributed by atoms with Gasteiger partial charge in [0.15, 0.2) is 0 Å². The second-order valence-corrected chi connectivity index (χ2v) is 8.44. The van der Waals surface area contributed by atoms with Gasteiger partial charge < -0.3 is 11.1 Å². The molecule has 1 amide bonds. The number of amides is 1. The maximum Gasteiger partial charge on any atom is 0.229 e. The van der Waals surface area contributed by atoms with Crippen molar-refractivity contribution < 1.29 is 9.18 Å². The van der Waals surface area contributed by atoms with Gasteiger partial charge in [0.1, 0.15) is 11.6 Å². The lowest BCUT2D eigenvalue weighted by Gasteiger charge is -2.20. The van der Waals surface area contributed by atoms with Gasteiger partial charge in [-0.2, -0.15) is 5.10 Å². The van der Waals surface area contributed by atoms with Crippen LogP contribution in [0.5, 0.6) is 0 Å². The molecule has 0 bridgehead atoms. The first-order valence-corrected chi connectivity index (χ1v) is 11.1. The Morgan fingerprint density at radius 1 is 1.24 bits per heavy atom. The van der Waals surface area contributed by atoms with Crippen LogP contribution in [0.1, 0.15) is 22.6 Å². The number of aromatic nitrogens is 4. The van der Waals surface area contributed by atoms with Crippen LogP contribution in [0.25, 0.3) is 11.3 Å². The monoisotopic (exact) mass is 508 g/mol. The number of hydrogen-bond donors (Lipinski definition) is 2. The van der Waals surface area contributed by atoms with Gasteiger partial charge in [-0.1, -0.05) is 18.2 Å². The molecule has 33 heavy (non-hydrogen) atoms. The molecule has 7 nitrogen and oxygen atoms in total. The van der Waals surface area contributed by atoms with E-state index in [1.807, 2.05) is 31.4 Å². The van der Waals surface area contributed by atoms with Crippen LogP contribution in [0, 0.1) is 5.82 Å². The molecule has 168 valence electrons. The summed E-state index contributed by atoms with van der Waals surface area (Å²) in [6.45, 7) is 0.482. The summed E-state index contributed by atoms with van der Waals surface area (Å²) in [5.74, 6) is -1.03. The van der Waals surface area contributed by atoms with Gasteiger partial charge in [0.05, 0.1) is 17.8 Å². The molecule has 3 aromatic heterocycles. The number of carbonyl (C=O) groups excluding carboxylic acids is 1. The number of halogens is 2. The Balaban J connectivity index is 1.73. The van der Waals surface area contributed by atoms with E-state index in [0.717, 1.165) is 11.1 Å². The van der Waals surface area contributed by atoms with Gasteiger partial charge in [0.2, 0.25) is 5.91 Å². The Kier molecular flexibility index (Phi) is 6.79. The van der Waals surface area contributed by atoms with E-state index in [4.69, 9.17) is 10.7 Å². The predicted molar refractivity (Wildman–Crippen MR) is 128 cm³/mol. The molecule has 4 aromatic rings. The number of aryl methyl sites for hydroxylation is 1. The molecule has 0 spiro atoms. The third-order valence-corrected chi connectivity index (χ3v) is 5.80. The summed E-state index contributed by atoms with van der Waals surface area (Å²) in [4.78, 5) is 21.5. The number of benzene rings is 1. The Labute approximate surface area is 199 Å². The summed E-state index contributed by atoms with van der Waals surface area (Å²) in [5, 5.41) is 7.55. The van der Waals surface area contributed by atoms with E-state index < -0.39 is 11.8 Å². The topological polar surface area (TPSA) is 98.7 Å². The number of nitrogens with zero attached hydrogens (tertiary/aromatic N) is 4. The lowest BCUT2D eigenvalue weighted by Crippen LogP contribution is -2.24. The average Bonchev–Trinajstić information content (AvgIpc) is 3.22. The zero-order valence-electron chi connectivity index (χ0n) is 17.9. The van der Waals surface area contributed by atoms with Gasteiger partial charge in [0, 0.05) is 47.8 Å². The van der Waals surface area contributed by atoms with Gasteiger partial charge in [0.25, 0.3) is 0 Å². The van der Waals surface area contributed by atoms with Crippen LogP contribution >= 0.6 is 15.9 Å². The van der Waals surface area contributed by atoms with Crippen molar-refractivity contribution in [3.8, 4) is 11.3 Å². The number of primary amides is 1. The first-order chi connectivity index (χ1) is 15.9. The van der Waals surface area contributed by atoms with Crippen LogP contribution in [-0.4, -0.2) is 32.2 Å². The molecule has 0 saturated carbocycles. The highest BCUT2D eigenvalue weighted by Crippen LogP contribution is 2.36. The second-order valence-electron chi connectivity index (χ2n) is 7.59. The number of pyridine rings is 2. The average molecular weight is 509 g/mol. The first-order valence-electron chi connectivity index (χ1n) is 10.3. The summed E-state index contributed by atoms with van der Waals surface area (Å²) in [5.41, 5.74) is 9.45. The van der Waals surface area contributed by atoms with E-state index in [2.05, 4.69) is 31.3 Å². The first kappa shape index (κ1) is 22.6. The Morgan fingerprint density at radius 3 is 2.76 bits per heavy atom. The molecule has 3 heterocycles. The van der Waals surface area contributed by atoms with Crippen LogP contribution in [0.4, 0.5) is 10.2 Å². The fourth-order valence-electron chi connectivity index (χ4n) is 3.67. The molecule has 0 aliphatic heterocycles. The van der Waals surface area contributed by atoms with Crippen molar-refractivity contribution in [3.63, 3.8) is 0 Å². The van der Waals surface area contributed by atoms with Gasteiger partial charge in [-0.05, 0) is 57.7 Å². The third kappa shape index (κ3) is 5.25. The summed E-state index contributed by atoms with van der Waals surface area (Å²) < 4.78 is 15.9. The smallest absolute Gasteiger partial charge is 0.229 e. The van der Waals surface area contributed by atoms with Crippen molar-refractivity contribution in [3.05, 3.63) is 94.2 Å². The quantitative estimate of drug-likeness (QED) is 0.374. The Hall–Kier alpha value is -3.59. The van der Waals surface area contributed by atoms with Crippen molar-refractivity contribution in [1.29, 1.82) is 0 Å². The number of anilines is 1.